The minimum atomic E-state index is -0.876. The molecule has 1 heterocycles. The van der Waals surface area contributed by atoms with Gasteiger partial charge in [0, 0.05) is 24.3 Å². The van der Waals surface area contributed by atoms with Crippen LogP contribution >= 0.6 is 8.30 Å². The fourth-order valence-corrected chi connectivity index (χ4v) is 7.41. The van der Waals surface area contributed by atoms with Gasteiger partial charge in [0.2, 0.25) is 0 Å². The Hall–Kier alpha value is -3.19. The predicted octanol–water partition coefficient (Wildman–Crippen LogP) is 8.95. The van der Waals surface area contributed by atoms with E-state index >= 15 is 0 Å². The lowest BCUT2D eigenvalue weighted by molar-refractivity contribution is 0.354. The second-order valence-electron chi connectivity index (χ2n) is 8.92. The van der Waals surface area contributed by atoms with E-state index in [1.54, 1.807) is 0 Å². The van der Waals surface area contributed by atoms with Crippen molar-refractivity contribution in [2.45, 2.75) is 26.1 Å². The quantitative estimate of drug-likeness (QED) is 0.248. The third kappa shape index (κ3) is 3.59. The molecule has 34 heavy (non-hydrogen) atoms. The van der Waals surface area contributed by atoms with Crippen molar-refractivity contribution in [3.63, 3.8) is 0 Å². The topological polar surface area (TPSA) is 12.5 Å². The normalized spacial score (nSPS) is 16.0. The van der Waals surface area contributed by atoms with Crippen LogP contribution in [-0.2, 0) is 6.16 Å². The van der Waals surface area contributed by atoms with Crippen molar-refractivity contribution >= 4 is 29.8 Å². The maximum atomic E-state index is 6.98. The van der Waals surface area contributed by atoms with E-state index in [-0.39, 0.29) is 6.04 Å². The van der Waals surface area contributed by atoms with Crippen molar-refractivity contribution in [2.24, 2.45) is 0 Å². The van der Waals surface area contributed by atoms with Gasteiger partial charge in [-0.3, -0.25) is 0 Å². The Bertz CT molecular complexity index is 1390. The van der Waals surface area contributed by atoms with Crippen molar-refractivity contribution < 1.29 is 4.52 Å². The maximum Gasteiger partial charge on any atom is 0.168 e. The van der Waals surface area contributed by atoms with Crippen LogP contribution in [0.15, 0.2) is 103 Å². The smallest absolute Gasteiger partial charge is 0.168 e. The van der Waals surface area contributed by atoms with Crippen LogP contribution in [0.3, 0.4) is 0 Å². The van der Waals surface area contributed by atoms with Crippen LogP contribution in [0.2, 0.25) is 0 Å². The fourth-order valence-electron chi connectivity index (χ4n) is 5.29. The SMILES string of the molecule is CCN([C@H](C)c1ccccc1)P1Cc2ccc3ccccc3c2-c2c(ccc3ccccc23)O1. The summed E-state index contributed by atoms with van der Waals surface area (Å²) >= 11 is 0. The molecule has 6 rings (SSSR count). The highest BCUT2D eigenvalue weighted by Crippen LogP contribution is 2.57. The van der Waals surface area contributed by atoms with Crippen LogP contribution in [0.1, 0.15) is 31.0 Å². The standard InChI is InChI=1S/C31H28NOP/c1-3-32(22(2)23-11-5-4-6-12-23)34-21-26-18-17-24-13-7-9-15-27(24)30(26)31-28-16-10-8-14-25(28)19-20-29(31)33-34/h4-20,22H,3,21H2,1-2H3/t22-,34?/m1/s1. The summed E-state index contributed by atoms with van der Waals surface area (Å²) in [5.74, 6) is 0.999. The summed E-state index contributed by atoms with van der Waals surface area (Å²) in [7, 11) is -0.876. The van der Waals surface area contributed by atoms with Gasteiger partial charge in [0.1, 0.15) is 5.75 Å². The van der Waals surface area contributed by atoms with Gasteiger partial charge < -0.3 is 4.52 Å². The summed E-state index contributed by atoms with van der Waals surface area (Å²) < 4.78 is 9.53. The molecule has 2 nitrogen and oxygen atoms in total. The molecule has 0 saturated heterocycles. The first-order chi connectivity index (χ1) is 16.7. The molecule has 0 spiro atoms. The van der Waals surface area contributed by atoms with Gasteiger partial charge in [-0.2, -0.15) is 0 Å². The molecule has 0 saturated carbocycles. The first kappa shape index (κ1) is 21.4. The molecule has 168 valence electrons. The summed E-state index contributed by atoms with van der Waals surface area (Å²) in [6.07, 6.45) is 0.906. The van der Waals surface area contributed by atoms with E-state index in [4.69, 9.17) is 4.52 Å². The van der Waals surface area contributed by atoms with Crippen LogP contribution in [0.25, 0.3) is 32.7 Å². The predicted molar refractivity (Wildman–Crippen MR) is 145 cm³/mol. The Balaban J connectivity index is 1.57. The number of rotatable bonds is 4. The Labute approximate surface area is 202 Å². The molecule has 1 aliphatic rings. The minimum absolute atomic E-state index is 0.281. The number of hydrogen-bond donors (Lipinski definition) is 0. The van der Waals surface area contributed by atoms with Gasteiger partial charge in [-0.25, -0.2) is 4.67 Å². The van der Waals surface area contributed by atoms with E-state index in [1.165, 1.54) is 43.8 Å². The number of fused-ring (bicyclic) bond motifs is 7. The molecule has 0 amide bonds. The molecule has 1 unspecified atom stereocenters. The van der Waals surface area contributed by atoms with Crippen LogP contribution < -0.4 is 4.52 Å². The van der Waals surface area contributed by atoms with Crippen molar-refractivity contribution in [1.29, 1.82) is 0 Å². The molecule has 0 fully saturated rings. The lowest BCUT2D eigenvalue weighted by Gasteiger charge is -2.34. The van der Waals surface area contributed by atoms with Gasteiger partial charge in [-0.05, 0) is 51.2 Å². The molecule has 0 bridgehead atoms. The highest BCUT2D eigenvalue weighted by molar-refractivity contribution is 7.49. The van der Waals surface area contributed by atoms with Gasteiger partial charge >= 0.3 is 0 Å². The zero-order valence-corrected chi connectivity index (χ0v) is 20.5. The molecule has 0 N–H and O–H groups in total. The van der Waals surface area contributed by atoms with Crippen LogP contribution in [0, 0.1) is 0 Å². The summed E-state index contributed by atoms with van der Waals surface area (Å²) in [5.41, 5.74) is 5.27. The molecule has 2 atom stereocenters. The monoisotopic (exact) mass is 461 g/mol. The molecular formula is C31H28NOP. The molecule has 1 aliphatic heterocycles. The summed E-state index contributed by atoms with van der Waals surface area (Å²) in [6, 6.07) is 37.5. The molecular weight excluding hydrogens is 433 g/mol. The Morgan fingerprint density at radius 2 is 1.35 bits per heavy atom. The zero-order chi connectivity index (χ0) is 23.1. The lowest BCUT2D eigenvalue weighted by Crippen LogP contribution is -2.24. The van der Waals surface area contributed by atoms with E-state index in [9.17, 15) is 0 Å². The molecule has 5 aromatic rings. The van der Waals surface area contributed by atoms with Crippen molar-refractivity contribution in [3.05, 3.63) is 114 Å². The molecule has 5 aromatic carbocycles. The largest absolute Gasteiger partial charge is 0.457 e. The third-order valence-electron chi connectivity index (χ3n) is 7.01. The van der Waals surface area contributed by atoms with Crippen molar-refractivity contribution in [3.8, 4) is 16.9 Å². The van der Waals surface area contributed by atoms with Crippen molar-refractivity contribution in [2.75, 3.05) is 6.54 Å². The molecule has 0 aliphatic carbocycles. The van der Waals surface area contributed by atoms with E-state index < -0.39 is 8.30 Å². The van der Waals surface area contributed by atoms with Crippen molar-refractivity contribution in [1.82, 2.24) is 4.67 Å². The molecule has 0 aromatic heterocycles. The highest BCUT2D eigenvalue weighted by atomic mass is 31.2. The van der Waals surface area contributed by atoms with Gasteiger partial charge in [-0.1, -0.05) is 104 Å². The second-order valence-corrected chi connectivity index (χ2v) is 10.6. The van der Waals surface area contributed by atoms with Crippen LogP contribution in [-0.4, -0.2) is 11.2 Å². The Kier molecular flexibility index (Phi) is 5.57. The number of benzene rings is 5. The fraction of sp³-hybridized carbons (Fsp3) is 0.161. The van der Waals surface area contributed by atoms with Crippen LogP contribution in [0.4, 0.5) is 0 Å². The average Bonchev–Trinajstić information content (AvgIpc) is 3.06. The van der Waals surface area contributed by atoms with E-state index in [0.717, 1.165) is 18.5 Å². The average molecular weight is 462 g/mol. The van der Waals surface area contributed by atoms with E-state index in [2.05, 4.69) is 122 Å². The van der Waals surface area contributed by atoms with E-state index in [0.29, 0.717) is 0 Å². The molecule has 3 heteroatoms. The third-order valence-corrected chi connectivity index (χ3v) is 9.23. The minimum Gasteiger partial charge on any atom is -0.457 e. The van der Waals surface area contributed by atoms with Gasteiger partial charge in [0.05, 0.1) is 0 Å². The zero-order valence-electron chi connectivity index (χ0n) is 19.6. The number of nitrogens with zero attached hydrogens (tertiary/aromatic N) is 1. The maximum absolute atomic E-state index is 6.98. The second kappa shape index (κ2) is 8.87. The summed E-state index contributed by atoms with van der Waals surface area (Å²) in [5, 5.41) is 5.09. The van der Waals surface area contributed by atoms with Gasteiger partial charge in [0.25, 0.3) is 0 Å². The Morgan fingerprint density at radius 1 is 0.735 bits per heavy atom. The Morgan fingerprint density at radius 3 is 2.06 bits per heavy atom. The lowest BCUT2D eigenvalue weighted by atomic mass is 9.90. The summed E-state index contributed by atoms with van der Waals surface area (Å²) in [4.78, 5) is 0. The first-order valence-corrected chi connectivity index (χ1v) is 13.4. The molecule has 0 radical (unpaired) electrons. The first-order valence-electron chi connectivity index (χ1n) is 12.0. The van der Waals surface area contributed by atoms with Gasteiger partial charge in [-0.15, -0.1) is 0 Å². The highest BCUT2D eigenvalue weighted by Gasteiger charge is 2.32. The van der Waals surface area contributed by atoms with Gasteiger partial charge in [0.15, 0.2) is 8.30 Å². The van der Waals surface area contributed by atoms with Crippen LogP contribution in [0.5, 0.6) is 5.75 Å². The number of hydrogen-bond acceptors (Lipinski definition) is 2. The summed E-state index contributed by atoms with van der Waals surface area (Å²) in [6.45, 7) is 5.49. The van der Waals surface area contributed by atoms with E-state index in [1.807, 2.05) is 0 Å².